The lowest BCUT2D eigenvalue weighted by Crippen LogP contribution is -2.27. The number of aryl methyl sites for hydroxylation is 1. The van der Waals surface area contributed by atoms with Crippen molar-refractivity contribution >= 4 is 11.8 Å². The van der Waals surface area contributed by atoms with Gasteiger partial charge in [0, 0.05) is 43.6 Å². The Bertz CT molecular complexity index is 1340. The second-order valence-corrected chi connectivity index (χ2v) is 9.91. The Morgan fingerprint density at radius 3 is 2.60 bits per heavy atom. The monoisotopic (exact) mass is 495 g/mol. The highest BCUT2D eigenvalue weighted by Gasteiger charge is 2.17. The van der Waals surface area contributed by atoms with E-state index in [1.165, 1.54) is 23.3 Å². The summed E-state index contributed by atoms with van der Waals surface area (Å²) < 4.78 is 34.6. The first-order valence-electron chi connectivity index (χ1n) is 11.7. The molecule has 0 saturated heterocycles. The van der Waals surface area contributed by atoms with Crippen LogP contribution in [-0.4, -0.2) is 50.2 Å². The van der Waals surface area contributed by atoms with Gasteiger partial charge in [0.25, 0.3) is 0 Å². The molecule has 182 valence electrons. The van der Waals surface area contributed by atoms with Gasteiger partial charge in [-0.2, -0.15) is 0 Å². The van der Waals surface area contributed by atoms with Crippen LogP contribution in [0, 0.1) is 18.6 Å². The second kappa shape index (κ2) is 10.3. The van der Waals surface area contributed by atoms with Gasteiger partial charge in [-0.3, -0.25) is 0 Å². The van der Waals surface area contributed by atoms with Crippen molar-refractivity contribution in [2.45, 2.75) is 31.3 Å². The molecule has 35 heavy (non-hydrogen) atoms. The molecule has 0 amide bonds. The first-order chi connectivity index (χ1) is 17.0. The van der Waals surface area contributed by atoms with Crippen LogP contribution in [0.5, 0.6) is 0 Å². The summed E-state index contributed by atoms with van der Waals surface area (Å²) in [6.45, 7) is 5.00. The average molecular weight is 496 g/mol. The van der Waals surface area contributed by atoms with Crippen LogP contribution in [0.2, 0.25) is 0 Å². The third-order valence-electron chi connectivity index (χ3n) is 6.37. The molecule has 2 aromatic heterocycles. The summed E-state index contributed by atoms with van der Waals surface area (Å²) in [5.74, 6) is 0.857. The van der Waals surface area contributed by atoms with Gasteiger partial charge >= 0.3 is 0 Å². The predicted octanol–water partition coefficient (Wildman–Crippen LogP) is 5.31. The molecule has 0 radical (unpaired) electrons. The molecule has 0 bridgehead atoms. The Labute approximate surface area is 207 Å². The van der Waals surface area contributed by atoms with Crippen LogP contribution in [0.4, 0.5) is 8.78 Å². The van der Waals surface area contributed by atoms with Crippen molar-refractivity contribution < 1.29 is 13.3 Å². The van der Waals surface area contributed by atoms with E-state index in [9.17, 15) is 8.78 Å². The number of thioether (sulfide) groups is 1. The standard InChI is InChI=1S/C26H27F2N5OS/c1-17-14-24(34-31-17)20-5-4-18-8-11-33(12-9-19(18)15-20)10-3-13-35-26-30-29-25(32(26)2)22-7-6-21(27)16-23(22)28/h4-7,14-16H,3,8-13H2,1-2H3. The van der Waals surface area contributed by atoms with E-state index in [1.54, 1.807) is 23.4 Å². The molecule has 0 aliphatic carbocycles. The molecule has 0 spiro atoms. The molecule has 0 N–H and O–H groups in total. The Hall–Kier alpha value is -3.04. The van der Waals surface area contributed by atoms with Crippen LogP contribution in [0.15, 0.2) is 52.1 Å². The van der Waals surface area contributed by atoms with Crippen molar-refractivity contribution in [2.24, 2.45) is 7.05 Å². The highest BCUT2D eigenvalue weighted by atomic mass is 32.2. The minimum absolute atomic E-state index is 0.249. The summed E-state index contributed by atoms with van der Waals surface area (Å²) in [6.07, 6.45) is 3.06. The Morgan fingerprint density at radius 1 is 1.00 bits per heavy atom. The van der Waals surface area contributed by atoms with Crippen molar-refractivity contribution in [3.05, 3.63) is 70.9 Å². The molecule has 9 heteroatoms. The largest absolute Gasteiger partial charge is 0.356 e. The van der Waals surface area contributed by atoms with E-state index in [2.05, 4.69) is 38.5 Å². The van der Waals surface area contributed by atoms with Crippen LogP contribution in [0.1, 0.15) is 23.2 Å². The van der Waals surface area contributed by atoms with E-state index in [0.717, 1.165) is 72.9 Å². The molecule has 1 aliphatic rings. The SMILES string of the molecule is Cc1cc(-c2ccc3c(c2)CCN(CCCSc2nnc(-c4ccc(F)cc4F)n2C)CC3)on1. The van der Waals surface area contributed by atoms with Crippen molar-refractivity contribution in [1.82, 2.24) is 24.8 Å². The fourth-order valence-electron chi connectivity index (χ4n) is 4.45. The smallest absolute Gasteiger partial charge is 0.191 e. The maximum atomic E-state index is 14.1. The topological polar surface area (TPSA) is 60.0 Å². The zero-order valence-corrected chi connectivity index (χ0v) is 20.6. The third-order valence-corrected chi connectivity index (χ3v) is 7.48. The van der Waals surface area contributed by atoms with E-state index >= 15 is 0 Å². The number of aromatic nitrogens is 4. The van der Waals surface area contributed by atoms with Crippen molar-refractivity contribution in [1.29, 1.82) is 0 Å². The van der Waals surface area contributed by atoms with Gasteiger partial charge in [-0.25, -0.2) is 8.78 Å². The highest BCUT2D eigenvalue weighted by Crippen LogP contribution is 2.27. The van der Waals surface area contributed by atoms with Gasteiger partial charge in [-0.15, -0.1) is 10.2 Å². The Morgan fingerprint density at radius 2 is 1.83 bits per heavy atom. The number of benzene rings is 2. The van der Waals surface area contributed by atoms with E-state index < -0.39 is 11.6 Å². The minimum atomic E-state index is -0.637. The molecule has 0 atom stereocenters. The first kappa shape index (κ1) is 23.7. The van der Waals surface area contributed by atoms with Crippen LogP contribution >= 0.6 is 11.8 Å². The number of hydrogen-bond donors (Lipinski definition) is 0. The zero-order chi connectivity index (χ0) is 24.4. The Kier molecular flexibility index (Phi) is 6.97. The van der Waals surface area contributed by atoms with Gasteiger partial charge in [0.1, 0.15) is 11.6 Å². The van der Waals surface area contributed by atoms with Gasteiger partial charge in [-0.1, -0.05) is 29.1 Å². The summed E-state index contributed by atoms with van der Waals surface area (Å²) in [7, 11) is 1.81. The van der Waals surface area contributed by atoms with Gasteiger partial charge in [0.15, 0.2) is 16.7 Å². The maximum Gasteiger partial charge on any atom is 0.191 e. The normalized spacial score (nSPS) is 14.2. The minimum Gasteiger partial charge on any atom is -0.356 e. The van der Waals surface area contributed by atoms with E-state index in [0.29, 0.717) is 5.82 Å². The fourth-order valence-corrected chi connectivity index (χ4v) is 5.28. The molecule has 4 aromatic rings. The summed E-state index contributed by atoms with van der Waals surface area (Å²) in [6, 6.07) is 12.1. The predicted molar refractivity (Wildman–Crippen MR) is 132 cm³/mol. The highest BCUT2D eigenvalue weighted by molar-refractivity contribution is 7.99. The molecule has 0 fully saturated rings. The summed E-state index contributed by atoms with van der Waals surface area (Å²) in [5.41, 5.74) is 5.01. The number of fused-ring (bicyclic) bond motifs is 1. The summed E-state index contributed by atoms with van der Waals surface area (Å²) in [5, 5.41) is 13.1. The maximum absolute atomic E-state index is 14.1. The molecule has 0 saturated carbocycles. The second-order valence-electron chi connectivity index (χ2n) is 8.85. The first-order valence-corrected chi connectivity index (χ1v) is 12.7. The lowest BCUT2D eigenvalue weighted by atomic mass is 9.99. The number of halogens is 2. The van der Waals surface area contributed by atoms with Crippen LogP contribution < -0.4 is 0 Å². The summed E-state index contributed by atoms with van der Waals surface area (Å²) >= 11 is 1.60. The quantitative estimate of drug-likeness (QED) is 0.256. The molecular formula is C26H27F2N5OS. The Balaban J connectivity index is 1.13. The fraction of sp³-hybridized carbons (Fsp3) is 0.346. The number of rotatable bonds is 7. The van der Waals surface area contributed by atoms with Crippen molar-refractivity contribution in [3.63, 3.8) is 0 Å². The molecule has 1 aliphatic heterocycles. The number of nitrogens with zero attached hydrogens (tertiary/aromatic N) is 5. The van der Waals surface area contributed by atoms with E-state index in [1.807, 2.05) is 13.0 Å². The van der Waals surface area contributed by atoms with Gasteiger partial charge in [-0.05, 0) is 62.1 Å². The molecule has 5 rings (SSSR count). The van der Waals surface area contributed by atoms with Crippen LogP contribution in [0.3, 0.4) is 0 Å². The van der Waals surface area contributed by atoms with Gasteiger partial charge in [0.2, 0.25) is 0 Å². The third kappa shape index (κ3) is 5.31. The molecule has 3 heterocycles. The van der Waals surface area contributed by atoms with Crippen molar-refractivity contribution in [2.75, 3.05) is 25.4 Å². The molecule has 2 aromatic carbocycles. The van der Waals surface area contributed by atoms with Crippen LogP contribution in [-0.2, 0) is 19.9 Å². The molecule has 0 unspecified atom stereocenters. The molecule has 6 nitrogen and oxygen atoms in total. The van der Waals surface area contributed by atoms with E-state index in [-0.39, 0.29) is 5.56 Å². The van der Waals surface area contributed by atoms with Gasteiger partial charge < -0.3 is 14.0 Å². The number of hydrogen-bond acceptors (Lipinski definition) is 6. The van der Waals surface area contributed by atoms with Gasteiger partial charge in [0.05, 0.1) is 11.3 Å². The van der Waals surface area contributed by atoms with E-state index in [4.69, 9.17) is 4.52 Å². The zero-order valence-electron chi connectivity index (χ0n) is 19.8. The molecular weight excluding hydrogens is 468 g/mol. The average Bonchev–Trinajstić information content (AvgIpc) is 3.37. The van der Waals surface area contributed by atoms with Crippen LogP contribution in [0.25, 0.3) is 22.7 Å². The lowest BCUT2D eigenvalue weighted by molar-refractivity contribution is 0.289. The lowest BCUT2D eigenvalue weighted by Gasteiger charge is -2.19. The summed E-state index contributed by atoms with van der Waals surface area (Å²) in [4.78, 5) is 2.51. The van der Waals surface area contributed by atoms with Crippen molar-refractivity contribution in [3.8, 4) is 22.7 Å².